The summed E-state index contributed by atoms with van der Waals surface area (Å²) in [4.78, 5) is 25.4. The van der Waals surface area contributed by atoms with Gasteiger partial charge in [-0.3, -0.25) is 9.59 Å². The molecule has 0 fully saturated rings. The summed E-state index contributed by atoms with van der Waals surface area (Å²) in [6.07, 6.45) is -0.152. The second-order valence-corrected chi connectivity index (χ2v) is 6.53. The molecule has 0 saturated carbocycles. The summed E-state index contributed by atoms with van der Waals surface area (Å²) in [6.45, 7) is 2.29. The van der Waals surface area contributed by atoms with Crippen LogP contribution in [0.15, 0.2) is 84.9 Å². The molecule has 0 radical (unpaired) electrons. The lowest BCUT2D eigenvalue weighted by Gasteiger charge is -2.18. The number of hydrogen-bond donors (Lipinski definition) is 2. The zero-order chi connectivity index (χ0) is 20.5. The lowest BCUT2D eigenvalue weighted by Crippen LogP contribution is -2.33. The molecule has 0 aliphatic rings. The van der Waals surface area contributed by atoms with E-state index in [4.69, 9.17) is 4.74 Å². The van der Waals surface area contributed by atoms with Gasteiger partial charge in [0.15, 0.2) is 6.10 Å². The highest BCUT2D eigenvalue weighted by atomic mass is 16.5. The van der Waals surface area contributed by atoms with Crippen molar-refractivity contribution in [1.29, 1.82) is 0 Å². The number of amides is 2. The number of carbonyl (C=O) groups is 2. The molecule has 3 aromatic rings. The maximum absolute atomic E-state index is 12.7. The van der Waals surface area contributed by atoms with E-state index in [1.807, 2.05) is 55.5 Å². The number of hydrogen-bond acceptors (Lipinski definition) is 3. The third-order valence-corrected chi connectivity index (χ3v) is 4.41. The zero-order valence-corrected chi connectivity index (χ0v) is 16.3. The number of anilines is 1. The first-order valence-electron chi connectivity index (χ1n) is 9.61. The van der Waals surface area contributed by atoms with Crippen LogP contribution in [0, 0.1) is 0 Å². The maximum atomic E-state index is 12.7. The Balaban J connectivity index is 1.67. The fourth-order valence-electron chi connectivity index (χ4n) is 2.86. The van der Waals surface area contributed by atoms with E-state index in [1.54, 1.807) is 36.4 Å². The van der Waals surface area contributed by atoms with Crippen LogP contribution < -0.4 is 15.4 Å². The van der Waals surface area contributed by atoms with E-state index in [2.05, 4.69) is 10.6 Å². The molecule has 0 unspecified atom stereocenters. The molecule has 3 aromatic carbocycles. The number of para-hydroxylation sites is 2. The van der Waals surface area contributed by atoms with Crippen molar-refractivity contribution >= 4 is 17.5 Å². The lowest BCUT2D eigenvalue weighted by atomic mass is 10.1. The van der Waals surface area contributed by atoms with Gasteiger partial charge in [0.1, 0.15) is 5.75 Å². The normalized spacial score (nSPS) is 11.3. The first kappa shape index (κ1) is 20.1. The van der Waals surface area contributed by atoms with E-state index in [9.17, 15) is 9.59 Å². The molecule has 0 heterocycles. The first-order chi connectivity index (χ1) is 14.2. The number of carbonyl (C=O) groups excluding carboxylic acids is 2. The van der Waals surface area contributed by atoms with Crippen molar-refractivity contribution in [1.82, 2.24) is 5.32 Å². The van der Waals surface area contributed by atoms with Crippen molar-refractivity contribution in [2.24, 2.45) is 0 Å². The van der Waals surface area contributed by atoms with Crippen LogP contribution in [0.2, 0.25) is 0 Å². The molecule has 0 aliphatic heterocycles. The Bertz CT molecular complexity index is 943. The Labute approximate surface area is 170 Å². The highest BCUT2D eigenvalue weighted by Crippen LogP contribution is 2.18. The highest BCUT2D eigenvalue weighted by molar-refractivity contribution is 6.04. The maximum Gasteiger partial charge on any atom is 0.265 e. The summed E-state index contributed by atoms with van der Waals surface area (Å²) < 4.78 is 5.79. The highest BCUT2D eigenvalue weighted by Gasteiger charge is 2.21. The molecule has 148 valence electrons. The summed E-state index contributed by atoms with van der Waals surface area (Å²) in [5.41, 5.74) is 1.87. The van der Waals surface area contributed by atoms with Crippen molar-refractivity contribution in [2.75, 3.05) is 5.32 Å². The minimum Gasteiger partial charge on any atom is -0.481 e. The van der Waals surface area contributed by atoms with Crippen LogP contribution >= 0.6 is 0 Å². The summed E-state index contributed by atoms with van der Waals surface area (Å²) >= 11 is 0. The monoisotopic (exact) mass is 388 g/mol. The standard InChI is InChI=1S/C24H24N2O3/c1-2-22(29-19-13-7-4-8-14-19)24(28)26-21-16-10-9-15-20(21)23(27)25-17-18-11-5-3-6-12-18/h3-16,22H,2,17H2,1H3,(H,25,27)(H,26,28)/t22-/m1/s1. The Kier molecular flexibility index (Phi) is 7.00. The van der Waals surface area contributed by atoms with Gasteiger partial charge in [-0.05, 0) is 36.2 Å². The van der Waals surface area contributed by atoms with Crippen LogP contribution in [0.1, 0.15) is 29.3 Å². The van der Waals surface area contributed by atoms with Gasteiger partial charge in [-0.1, -0.05) is 67.6 Å². The van der Waals surface area contributed by atoms with Gasteiger partial charge in [-0.25, -0.2) is 0 Å². The molecule has 1 atom stereocenters. The average molecular weight is 388 g/mol. The van der Waals surface area contributed by atoms with Gasteiger partial charge >= 0.3 is 0 Å². The minimum atomic E-state index is -0.655. The van der Waals surface area contributed by atoms with Crippen LogP contribution in [0.5, 0.6) is 5.75 Å². The summed E-state index contributed by atoms with van der Waals surface area (Å²) in [5, 5.41) is 5.73. The fourth-order valence-corrected chi connectivity index (χ4v) is 2.86. The Hall–Kier alpha value is -3.60. The van der Waals surface area contributed by atoms with E-state index in [0.29, 0.717) is 30.0 Å². The van der Waals surface area contributed by atoms with Gasteiger partial charge in [-0.2, -0.15) is 0 Å². The van der Waals surface area contributed by atoms with E-state index in [1.165, 1.54) is 0 Å². The second kappa shape index (κ2) is 10.1. The van der Waals surface area contributed by atoms with Crippen molar-refractivity contribution in [3.63, 3.8) is 0 Å². The van der Waals surface area contributed by atoms with Gasteiger partial charge in [-0.15, -0.1) is 0 Å². The second-order valence-electron chi connectivity index (χ2n) is 6.53. The molecule has 0 aromatic heterocycles. The van der Waals surface area contributed by atoms with Gasteiger partial charge in [0, 0.05) is 6.54 Å². The molecule has 2 N–H and O–H groups in total. The molecule has 0 bridgehead atoms. The van der Waals surface area contributed by atoms with E-state index in [0.717, 1.165) is 5.56 Å². The number of benzene rings is 3. The molecule has 5 heteroatoms. The molecule has 0 aliphatic carbocycles. The quantitative estimate of drug-likeness (QED) is 0.601. The largest absolute Gasteiger partial charge is 0.481 e. The van der Waals surface area contributed by atoms with E-state index >= 15 is 0 Å². The van der Waals surface area contributed by atoms with Crippen molar-refractivity contribution in [3.8, 4) is 5.75 Å². The van der Waals surface area contributed by atoms with Crippen LogP contribution in [0.25, 0.3) is 0 Å². The van der Waals surface area contributed by atoms with E-state index < -0.39 is 6.10 Å². The topological polar surface area (TPSA) is 67.4 Å². The van der Waals surface area contributed by atoms with Gasteiger partial charge in [0.25, 0.3) is 11.8 Å². The summed E-state index contributed by atoms with van der Waals surface area (Å²) in [6, 6.07) is 25.8. The average Bonchev–Trinajstić information content (AvgIpc) is 2.77. The molecule has 29 heavy (non-hydrogen) atoms. The summed E-state index contributed by atoms with van der Waals surface area (Å²) in [7, 11) is 0. The van der Waals surface area contributed by atoms with Crippen molar-refractivity contribution in [2.45, 2.75) is 26.0 Å². The number of ether oxygens (including phenoxy) is 1. The van der Waals surface area contributed by atoms with E-state index in [-0.39, 0.29) is 11.8 Å². The molecule has 0 spiro atoms. The van der Waals surface area contributed by atoms with Gasteiger partial charge < -0.3 is 15.4 Å². The van der Waals surface area contributed by atoms with Crippen molar-refractivity contribution < 1.29 is 14.3 Å². The molecule has 2 amide bonds. The third-order valence-electron chi connectivity index (χ3n) is 4.41. The Morgan fingerprint density at radius 1 is 0.862 bits per heavy atom. The van der Waals surface area contributed by atoms with Crippen LogP contribution in [-0.2, 0) is 11.3 Å². The molecule has 3 rings (SSSR count). The smallest absolute Gasteiger partial charge is 0.265 e. The van der Waals surface area contributed by atoms with Gasteiger partial charge in [0.05, 0.1) is 11.3 Å². The number of nitrogens with one attached hydrogen (secondary N) is 2. The first-order valence-corrected chi connectivity index (χ1v) is 9.61. The minimum absolute atomic E-state index is 0.248. The lowest BCUT2D eigenvalue weighted by molar-refractivity contribution is -0.122. The van der Waals surface area contributed by atoms with Crippen LogP contribution in [-0.4, -0.2) is 17.9 Å². The Morgan fingerprint density at radius 2 is 1.48 bits per heavy atom. The fraction of sp³-hybridized carbons (Fsp3) is 0.167. The Morgan fingerprint density at radius 3 is 2.17 bits per heavy atom. The molecule has 5 nitrogen and oxygen atoms in total. The molecular weight excluding hydrogens is 364 g/mol. The van der Waals surface area contributed by atoms with Crippen LogP contribution in [0.3, 0.4) is 0 Å². The third kappa shape index (κ3) is 5.69. The SMILES string of the molecule is CC[C@@H](Oc1ccccc1)C(=O)Nc1ccccc1C(=O)NCc1ccccc1. The predicted molar refractivity (Wildman–Crippen MR) is 114 cm³/mol. The molecule has 0 saturated heterocycles. The number of rotatable bonds is 8. The van der Waals surface area contributed by atoms with Crippen LogP contribution in [0.4, 0.5) is 5.69 Å². The zero-order valence-electron chi connectivity index (χ0n) is 16.3. The van der Waals surface area contributed by atoms with Crippen molar-refractivity contribution in [3.05, 3.63) is 96.1 Å². The predicted octanol–water partition coefficient (Wildman–Crippen LogP) is 4.41. The summed E-state index contributed by atoms with van der Waals surface area (Å²) in [5.74, 6) is 0.0878. The molecular formula is C24H24N2O3. The van der Waals surface area contributed by atoms with Gasteiger partial charge in [0.2, 0.25) is 0 Å².